The molecule has 3 rings (SSSR count). The van der Waals surface area contributed by atoms with E-state index in [1.165, 1.54) is 5.56 Å². The Labute approximate surface area is 174 Å². The van der Waals surface area contributed by atoms with Gasteiger partial charge in [-0.05, 0) is 42.2 Å². The van der Waals surface area contributed by atoms with Gasteiger partial charge < -0.3 is 10.6 Å². The van der Waals surface area contributed by atoms with E-state index in [1.807, 2.05) is 43.3 Å². The molecule has 2 atom stereocenters. The molecular formula is C24H33ClN2O. The average Bonchev–Trinajstić information content (AvgIpc) is 2.65. The molecule has 0 aliphatic carbocycles. The van der Waals surface area contributed by atoms with Gasteiger partial charge in [-0.1, -0.05) is 82.6 Å². The van der Waals surface area contributed by atoms with E-state index in [1.54, 1.807) is 0 Å². The fraction of sp³-hybridized carbons (Fsp3) is 0.458. The van der Waals surface area contributed by atoms with Gasteiger partial charge in [0.15, 0.2) is 0 Å². The first-order chi connectivity index (χ1) is 13.2. The standard InChI is InChI=1S/C18H18ClNO.C6H15N/c1-3-18(2)15-7-5-4-6-14(15)16(20-17(18)21)12-8-10-13(19)11-9-12;1-5(2)7-6(3)4/h4-11,16H,3H2,1-2H3,(H,20,21);5-7H,1-4H3. The summed E-state index contributed by atoms with van der Waals surface area (Å²) in [7, 11) is 0. The van der Waals surface area contributed by atoms with Crippen LogP contribution >= 0.6 is 11.6 Å². The number of benzene rings is 2. The number of fused-ring (bicyclic) bond motifs is 1. The third kappa shape index (κ3) is 5.15. The molecule has 1 heterocycles. The lowest BCUT2D eigenvalue weighted by Crippen LogP contribution is -2.49. The molecule has 0 saturated heterocycles. The second-order valence-electron chi connectivity index (χ2n) is 8.21. The Morgan fingerprint density at radius 3 is 2.11 bits per heavy atom. The fourth-order valence-corrected chi connectivity index (χ4v) is 3.80. The van der Waals surface area contributed by atoms with Gasteiger partial charge in [0.1, 0.15) is 0 Å². The summed E-state index contributed by atoms with van der Waals surface area (Å²) >= 11 is 5.96. The summed E-state index contributed by atoms with van der Waals surface area (Å²) in [6.45, 7) is 12.7. The Balaban J connectivity index is 0.000000345. The molecule has 1 amide bonds. The highest BCUT2D eigenvalue weighted by Gasteiger charge is 2.41. The normalized spacial score (nSPS) is 21.0. The van der Waals surface area contributed by atoms with Crippen molar-refractivity contribution in [2.75, 3.05) is 0 Å². The highest BCUT2D eigenvalue weighted by atomic mass is 35.5. The lowest BCUT2D eigenvalue weighted by atomic mass is 9.72. The summed E-state index contributed by atoms with van der Waals surface area (Å²) in [6, 6.07) is 17.0. The Morgan fingerprint density at radius 1 is 1.04 bits per heavy atom. The number of amides is 1. The summed E-state index contributed by atoms with van der Waals surface area (Å²) in [4.78, 5) is 12.6. The maximum Gasteiger partial charge on any atom is 0.231 e. The molecule has 2 aromatic rings. The molecule has 2 N–H and O–H groups in total. The topological polar surface area (TPSA) is 41.1 Å². The molecule has 3 nitrogen and oxygen atoms in total. The van der Waals surface area contributed by atoms with Crippen LogP contribution in [0.4, 0.5) is 0 Å². The number of hydrogen-bond acceptors (Lipinski definition) is 2. The summed E-state index contributed by atoms with van der Waals surface area (Å²) in [5, 5.41) is 7.17. The van der Waals surface area contributed by atoms with E-state index in [0.717, 1.165) is 17.5 Å². The van der Waals surface area contributed by atoms with Crippen molar-refractivity contribution in [2.45, 2.75) is 71.5 Å². The highest BCUT2D eigenvalue weighted by Crippen LogP contribution is 2.40. The van der Waals surface area contributed by atoms with Gasteiger partial charge >= 0.3 is 0 Å². The molecule has 0 radical (unpaired) electrons. The zero-order chi connectivity index (χ0) is 20.9. The maximum atomic E-state index is 12.6. The highest BCUT2D eigenvalue weighted by molar-refractivity contribution is 6.30. The van der Waals surface area contributed by atoms with E-state index in [-0.39, 0.29) is 11.9 Å². The molecule has 2 aromatic carbocycles. The van der Waals surface area contributed by atoms with Crippen molar-refractivity contribution < 1.29 is 4.79 Å². The molecule has 4 heteroatoms. The summed E-state index contributed by atoms with van der Waals surface area (Å²) in [5.74, 6) is 0.0867. The van der Waals surface area contributed by atoms with Gasteiger partial charge in [0.2, 0.25) is 5.91 Å². The van der Waals surface area contributed by atoms with Crippen molar-refractivity contribution in [1.29, 1.82) is 0 Å². The number of nitrogens with one attached hydrogen (secondary N) is 2. The molecular weight excluding hydrogens is 368 g/mol. The molecule has 2 unspecified atom stereocenters. The van der Waals surface area contributed by atoms with E-state index in [9.17, 15) is 4.79 Å². The van der Waals surface area contributed by atoms with Gasteiger partial charge in [-0.3, -0.25) is 4.79 Å². The van der Waals surface area contributed by atoms with Crippen LogP contribution in [0.2, 0.25) is 5.02 Å². The molecule has 0 aromatic heterocycles. The average molecular weight is 401 g/mol. The van der Waals surface area contributed by atoms with Crippen LogP contribution in [-0.4, -0.2) is 18.0 Å². The van der Waals surface area contributed by atoms with Crippen LogP contribution in [0.3, 0.4) is 0 Å². The van der Waals surface area contributed by atoms with Gasteiger partial charge in [-0.15, -0.1) is 0 Å². The fourth-order valence-electron chi connectivity index (χ4n) is 3.68. The van der Waals surface area contributed by atoms with Crippen LogP contribution in [0.25, 0.3) is 0 Å². The van der Waals surface area contributed by atoms with Crippen LogP contribution in [0.5, 0.6) is 0 Å². The predicted molar refractivity (Wildman–Crippen MR) is 119 cm³/mol. The summed E-state index contributed by atoms with van der Waals surface area (Å²) < 4.78 is 0. The van der Waals surface area contributed by atoms with Crippen molar-refractivity contribution in [3.63, 3.8) is 0 Å². The number of hydrogen-bond donors (Lipinski definition) is 2. The van der Waals surface area contributed by atoms with Crippen LogP contribution in [0.15, 0.2) is 48.5 Å². The number of carbonyl (C=O) groups is 1. The first-order valence-corrected chi connectivity index (χ1v) is 10.5. The number of carbonyl (C=O) groups excluding carboxylic acids is 1. The van der Waals surface area contributed by atoms with Gasteiger partial charge in [0, 0.05) is 17.1 Å². The SMILES string of the molecule is CC(C)NC(C)C.CCC1(C)C(=O)NC(c2ccc(Cl)cc2)c2ccccc21. The van der Waals surface area contributed by atoms with Gasteiger partial charge in [-0.25, -0.2) is 0 Å². The van der Waals surface area contributed by atoms with Gasteiger partial charge in [0.25, 0.3) is 0 Å². The van der Waals surface area contributed by atoms with Crippen molar-refractivity contribution in [3.8, 4) is 0 Å². The van der Waals surface area contributed by atoms with Crippen molar-refractivity contribution in [3.05, 3.63) is 70.2 Å². The van der Waals surface area contributed by atoms with Gasteiger partial charge in [-0.2, -0.15) is 0 Å². The van der Waals surface area contributed by atoms with E-state index < -0.39 is 5.41 Å². The predicted octanol–water partition coefficient (Wildman–Crippen LogP) is 5.62. The minimum absolute atomic E-state index is 0.0867. The Hall–Kier alpha value is -1.84. The number of rotatable bonds is 4. The molecule has 0 spiro atoms. The van der Waals surface area contributed by atoms with Crippen LogP contribution < -0.4 is 10.6 Å². The van der Waals surface area contributed by atoms with E-state index in [4.69, 9.17) is 11.6 Å². The lowest BCUT2D eigenvalue weighted by molar-refractivity contribution is -0.127. The second-order valence-corrected chi connectivity index (χ2v) is 8.64. The third-order valence-corrected chi connectivity index (χ3v) is 5.47. The molecule has 28 heavy (non-hydrogen) atoms. The van der Waals surface area contributed by atoms with Crippen molar-refractivity contribution in [2.24, 2.45) is 0 Å². The maximum absolute atomic E-state index is 12.6. The van der Waals surface area contributed by atoms with Crippen LogP contribution in [0, 0.1) is 0 Å². The minimum Gasteiger partial charge on any atom is -0.344 e. The van der Waals surface area contributed by atoms with Crippen LogP contribution in [-0.2, 0) is 10.2 Å². The molecule has 0 saturated carbocycles. The lowest BCUT2D eigenvalue weighted by Gasteiger charge is -2.38. The summed E-state index contributed by atoms with van der Waals surface area (Å²) in [5.41, 5.74) is 2.89. The van der Waals surface area contributed by atoms with Crippen LogP contribution in [0.1, 0.15) is 70.7 Å². The molecule has 0 fully saturated rings. The molecule has 0 bridgehead atoms. The molecule has 1 aliphatic rings. The van der Waals surface area contributed by atoms with Crippen molar-refractivity contribution in [1.82, 2.24) is 10.6 Å². The number of halogens is 1. The van der Waals surface area contributed by atoms with E-state index >= 15 is 0 Å². The first-order valence-electron chi connectivity index (χ1n) is 10.1. The zero-order valence-corrected chi connectivity index (χ0v) is 18.6. The molecule has 1 aliphatic heterocycles. The second kappa shape index (κ2) is 9.58. The Bertz CT molecular complexity index is 779. The Kier molecular flexibility index (Phi) is 7.68. The third-order valence-electron chi connectivity index (χ3n) is 5.22. The zero-order valence-electron chi connectivity index (χ0n) is 17.8. The quantitative estimate of drug-likeness (QED) is 0.699. The smallest absolute Gasteiger partial charge is 0.231 e. The molecule has 152 valence electrons. The van der Waals surface area contributed by atoms with E-state index in [0.29, 0.717) is 17.1 Å². The van der Waals surface area contributed by atoms with Gasteiger partial charge in [0.05, 0.1) is 11.5 Å². The monoisotopic (exact) mass is 400 g/mol. The Morgan fingerprint density at radius 2 is 1.61 bits per heavy atom. The largest absolute Gasteiger partial charge is 0.344 e. The van der Waals surface area contributed by atoms with E-state index in [2.05, 4.69) is 57.4 Å². The van der Waals surface area contributed by atoms with Crippen molar-refractivity contribution >= 4 is 17.5 Å². The first kappa shape index (κ1) is 22.4. The minimum atomic E-state index is -0.459. The summed E-state index contributed by atoms with van der Waals surface area (Å²) in [6.07, 6.45) is 0.781.